The Labute approximate surface area is 92.0 Å². The second-order valence-electron chi connectivity index (χ2n) is 4.59. The van der Waals surface area contributed by atoms with Gasteiger partial charge in [0.25, 0.3) is 0 Å². The predicted molar refractivity (Wildman–Crippen MR) is 65.2 cm³/mol. The second-order valence-corrected chi connectivity index (χ2v) is 9.59. The molecule has 0 fully saturated rings. The molecule has 0 aliphatic carbocycles. The highest BCUT2D eigenvalue weighted by atomic mass is 28.3. The van der Waals surface area contributed by atoms with E-state index in [2.05, 4.69) is 25.2 Å². The molecule has 3 heteroatoms. The van der Waals surface area contributed by atoms with Crippen molar-refractivity contribution in [3.63, 3.8) is 0 Å². The topological polar surface area (TPSA) is 37.3 Å². The van der Waals surface area contributed by atoms with E-state index in [1.165, 1.54) is 5.19 Å². The molecule has 1 rings (SSSR count). The van der Waals surface area contributed by atoms with Gasteiger partial charge in [-0.2, -0.15) is 0 Å². The molecule has 0 aliphatic heterocycles. The second kappa shape index (κ2) is 4.62. The van der Waals surface area contributed by atoms with Gasteiger partial charge in [-0.05, 0) is 5.54 Å². The van der Waals surface area contributed by atoms with Crippen LogP contribution < -0.4 is 5.19 Å². The van der Waals surface area contributed by atoms with Crippen molar-refractivity contribution in [3.8, 4) is 0 Å². The summed E-state index contributed by atoms with van der Waals surface area (Å²) in [6.07, 6.45) is 0.272. The Bertz CT molecular complexity index is 333. The van der Waals surface area contributed by atoms with E-state index >= 15 is 0 Å². The third kappa shape index (κ3) is 2.93. The van der Waals surface area contributed by atoms with E-state index in [1.807, 2.05) is 25.1 Å². The summed E-state index contributed by atoms with van der Waals surface area (Å²) in [5.74, 6) is -0.695. The molecule has 0 unspecified atom stereocenters. The molecular weight excluding hydrogens is 204 g/mol. The van der Waals surface area contributed by atoms with Crippen molar-refractivity contribution < 1.29 is 9.90 Å². The third-order valence-electron chi connectivity index (χ3n) is 3.23. The summed E-state index contributed by atoms with van der Waals surface area (Å²) in [4.78, 5) is 10.7. The smallest absolute Gasteiger partial charge is 0.303 e. The minimum absolute atomic E-state index is 0.261. The number of rotatable bonds is 4. The fraction of sp³-hybridized carbons (Fsp3) is 0.417. The molecule has 2 nitrogen and oxygen atoms in total. The average molecular weight is 222 g/mol. The minimum atomic E-state index is -1.63. The van der Waals surface area contributed by atoms with Crippen molar-refractivity contribution in [2.45, 2.75) is 32.0 Å². The first-order chi connectivity index (χ1) is 6.94. The summed E-state index contributed by atoms with van der Waals surface area (Å²) < 4.78 is 0. The lowest BCUT2D eigenvalue weighted by Gasteiger charge is -2.29. The van der Waals surface area contributed by atoms with Crippen molar-refractivity contribution >= 4 is 19.2 Å². The highest BCUT2D eigenvalue weighted by Gasteiger charge is 2.31. The molecule has 1 atom stereocenters. The van der Waals surface area contributed by atoms with Gasteiger partial charge in [-0.1, -0.05) is 55.5 Å². The van der Waals surface area contributed by atoms with Crippen LogP contribution in [0.1, 0.15) is 13.3 Å². The summed E-state index contributed by atoms with van der Waals surface area (Å²) in [5, 5.41) is 10.1. The SMILES string of the molecule is C[C@@H](CC(=O)O)[Si](C)(C)c1ccccc1. The molecule has 0 spiro atoms. The fourth-order valence-electron chi connectivity index (χ4n) is 1.67. The van der Waals surface area contributed by atoms with Crippen molar-refractivity contribution in [1.82, 2.24) is 0 Å². The van der Waals surface area contributed by atoms with Gasteiger partial charge in [0.2, 0.25) is 0 Å². The number of hydrogen-bond acceptors (Lipinski definition) is 1. The normalized spacial score (nSPS) is 13.5. The monoisotopic (exact) mass is 222 g/mol. The first-order valence-corrected chi connectivity index (χ1v) is 8.29. The summed E-state index contributed by atoms with van der Waals surface area (Å²) in [6.45, 7) is 6.51. The molecule has 0 radical (unpaired) electrons. The van der Waals surface area contributed by atoms with Gasteiger partial charge in [0, 0.05) is 6.42 Å². The molecule has 82 valence electrons. The molecule has 0 bridgehead atoms. The molecule has 1 aromatic carbocycles. The Morgan fingerprint density at radius 1 is 1.33 bits per heavy atom. The maximum Gasteiger partial charge on any atom is 0.303 e. The lowest BCUT2D eigenvalue weighted by Crippen LogP contribution is -2.45. The Hall–Kier alpha value is -1.09. The van der Waals surface area contributed by atoms with E-state index in [0.717, 1.165) is 0 Å². The van der Waals surface area contributed by atoms with Crippen molar-refractivity contribution in [3.05, 3.63) is 30.3 Å². The fourth-order valence-corrected chi connectivity index (χ4v) is 3.97. The third-order valence-corrected chi connectivity index (χ3v) is 7.72. The summed E-state index contributed by atoms with van der Waals surface area (Å²) >= 11 is 0. The minimum Gasteiger partial charge on any atom is -0.481 e. The van der Waals surface area contributed by atoms with Gasteiger partial charge in [-0.3, -0.25) is 4.79 Å². The summed E-state index contributed by atoms with van der Waals surface area (Å²) in [6, 6.07) is 10.3. The zero-order chi connectivity index (χ0) is 11.5. The number of carboxylic acids is 1. The van der Waals surface area contributed by atoms with Crippen LogP contribution in [0.4, 0.5) is 0 Å². The van der Waals surface area contributed by atoms with Crippen LogP contribution in [0.25, 0.3) is 0 Å². The standard InChI is InChI=1S/C12H18O2Si/c1-10(9-12(13)14)15(2,3)11-7-5-4-6-8-11/h4-8,10H,9H2,1-3H3,(H,13,14)/t10-/m0/s1. The van der Waals surface area contributed by atoms with Crippen LogP contribution in [0.5, 0.6) is 0 Å². The van der Waals surface area contributed by atoms with E-state index in [-0.39, 0.29) is 12.0 Å². The Balaban J connectivity index is 2.87. The number of aliphatic carboxylic acids is 1. The van der Waals surface area contributed by atoms with Crippen molar-refractivity contribution in [2.75, 3.05) is 0 Å². The molecule has 1 N–H and O–H groups in total. The Kier molecular flexibility index (Phi) is 3.69. The van der Waals surface area contributed by atoms with Crippen LogP contribution in [0, 0.1) is 0 Å². The van der Waals surface area contributed by atoms with Crippen LogP contribution >= 0.6 is 0 Å². The summed E-state index contributed by atoms with van der Waals surface area (Å²) in [5.41, 5.74) is 0.261. The van der Waals surface area contributed by atoms with Crippen molar-refractivity contribution in [1.29, 1.82) is 0 Å². The van der Waals surface area contributed by atoms with Crippen LogP contribution in [0.3, 0.4) is 0 Å². The number of hydrogen-bond donors (Lipinski definition) is 1. The lowest BCUT2D eigenvalue weighted by atomic mass is 10.3. The zero-order valence-corrected chi connectivity index (χ0v) is 10.5. The van der Waals surface area contributed by atoms with Crippen LogP contribution in [0.15, 0.2) is 30.3 Å². The highest BCUT2D eigenvalue weighted by molar-refractivity contribution is 6.91. The lowest BCUT2D eigenvalue weighted by molar-refractivity contribution is -0.137. The van der Waals surface area contributed by atoms with Gasteiger partial charge in [-0.25, -0.2) is 0 Å². The largest absolute Gasteiger partial charge is 0.481 e. The summed E-state index contributed by atoms with van der Waals surface area (Å²) in [7, 11) is -1.63. The quantitative estimate of drug-likeness (QED) is 0.795. The van der Waals surface area contributed by atoms with E-state index in [0.29, 0.717) is 0 Å². The molecule has 15 heavy (non-hydrogen) atoms. The molecule has 0 saturated carbocycles. The molecule has 0 aliphatic rings. The number of carbonyl (C=O) groups is 1. The Morgan fingerprint density at radius 2 is 1.87 bits per heavy atom. The van der Waals surface area contributed by atoms with Crippen molar-refractivity contribution in [2.24, 2.45) is 0 Å². The Morgan fingerprint density at radius 3 is 2.33 bits per heavy atom. The first-order valence-electron chi connectivity index (χ1n) is 5.22. The molecular formula is C12H18O2Si. The van der Waals surface area contributed by atoms with Gasteiger partial charge in [0.15, 0.2) is 0 Å². The van der Waals surface area contributed by atoms with Gasteiger partial charge in [0.05, 0.1) is 8.07 Å². The van der Waals surface area contributed by atoms with E-state index in [4.69, 9.17) is 5.11 Å². The predicted octanol–water partition coefficient (Wildman–Crippen LogP) is 2.47. The zero-order valence-electron chi connectivity index (χ0n) is 9.53. The van der Waals surface area contributed by atoms with E-state index in [1.54, 1.807) is 0 Å². The molecule has 0 heterocycles. The molecule has 1 aromatic rings. The average Bonchev–Trinajstić information content (AvgIpc) is 2.18. The van der Waals surface area contributed by atoms with Crippen LogP contribution in [-0.2, 0) is 4.79 Å². The van der Waals surface area contributed by atoms with E-state index < -0.39 is 14.0 Å². The first kappa shape index (κ1) is 12.0. The molecule has 0 saturated heterocycles. The van der Waals surface area contributed by atoms with Gasteiger partial charge < -0.3 is 5.11 Å². The maximum atomic E-state index is 10.7. The maximum absolute atomic E-state index is 10.7. The van der Waals surface area contributed by atoms with E-state index in [9.17, 15) is 4.79 Å². The van der Waals surface area contributed by atoms with Crippen LogP contribution in [-0.4, -0.2) is 19.1 Å². The number of carboxylic acid groups (broad SMARTS) is 1. The molecule has 0 amide bonds. The van der Waals surface area contributed by atoms with Gasteiger partial charge >= 0.3 is 5.97 Å². The van der Waals surface area contributed by atoms with Gasteiger partial charge in [-0.15, -0.1) is 0 Å². The number of benzene rings is 1. The highest BCUT2D eigenvalue weighted by Crippen LogP contribution is 2.24. The molecule has 0 aromatic heterocycles. The van der Waals surface area contributed by atoms with Gasteiger partial charge in [0.1, 0.15) is 0 Å². The van der Waals surface area contributed by atoms with Crippen LogP contribution in [0.2, 0.25) is 18.6 Å².